The molecule has 39 heavy (non-hydrogen) atoms. The number of fused-ring (bicyclic) bond motifs is 1. The van der Waals surface area contributed by atoms with E-state index in [0.717, 1.165) is 36.2 Å². The van der Waals surface area contributed by atoms with Gasteiger partial charge in [0, 0.05) is 12.1 Å². The molecular weight excluding hydrogens is 478 g/mol. The second kappa shape index (κ2) is 10.5. The minimum absolute atomic E-state index is 0.0348. The van der Waals surface area contributed by atoms with E-state index in [9.17, 15) is 4.79 Å². The first-order valence-electron chi connectivity index (χ1n) is 14.0. The van der Waals surface area contributed by atoms with Crippen molar-refractivity contribution >= 4 is 16.9 Å². The highest BCUT2D eigenvalue weighted by atomic mass is 16.1. The normalized spacial score (nSPS) is 14.1. The molecular formula is C35H35N3O. The summed E-state index contributed by atoms with van der Waals surface area (Å²) in [5.41, 5.74) is 8.71. The van der Waals surface area contributed by atoms with Crippen LogP contribution in [0.1, 0.15) is 71.5 Å². The lowest BCUT2D eigenvalue weighted by Crippen LogP contribution is -2.30. The van der Waals surface area contributed by atoms with Gasteiger partial charge in [0.1, 0.15) is 5.82 Å². The van der Waals surface area contributed by atoms with Gasteiger partial charge in [0.2, 0.25) is 0 Å². The van der Waals surface area contributed by atoms with Crippen molar-refractivity contribution in [3.63, 3.8) is 0 Å². The van der Waals surface area contributed by atoms with Gasteiger partial charge >= 0.3 is 0 Å². The van der Waals surface area contributed by atoms with Crippen molar-refractivity contribution in [3.05, 3.63) is 125 Å². The Balaban J connectivity index is 1.21. The minimum atomic E-state index is -0.0348. The Labute approximate surface area is 230 Å². The van der Waals surface area contributed by atoms with Crippen LogP contribution in [0.3, 0.4) is 0 Å². The van der Waals surface area contributed by atoms with E-state index in [-0.39, 0.29) is 11.9 Å². The number of carbonyl (C=O) groups excluding carboxylic acids is 1. The van der Waals surface area contributed by atoms with Crippen molar-refractivity contribution in [2.75, 3.05) is 0 Å². The van der Waals surface area contributed by atoms with Gasteiger partial charge in [-0.1, -0.05) is 92.7 Å². The topological polar surface area (TPSA) is 46.9 Å². The molecule has 1 N–H and O–H groups in total. The quantitative estimate of drug-likeness (QED) is 0.228. The molecule has 1 aromatic heterocycles. The van der Waals surface area contributed by atoms with E-state index in [1.165, 1.54) is 27.8 Å². The smallest absolute Gasteiger partial charge is 0.251 e. The van der Waals surface area contributed by atoms with Crippen LogP contribution in [-0.4, -0.2) is 15.5 Å². The number of amides is 1. The highest BCUT2D eigenvalue weighted by molar-refractivity contribution is 5.97. The molecule has 6 rings (SSSR count). The molecule has 1 amide bonds. The standard InChI is InChI=1S/C35H35N3O/c1-23(2)29-10-7-11-30(20-29)34(28-16-17-28)37-35(39)31-18-19-33-32(21-31)36-24(3)38(33)22-25-12-14-27(15-13-25)26-8-5-4-6-9-26/h4-15,18-21,23,28,34H,16-17,22H2,1-3H3,(H,37,39)/t34-/m0/s1. The Morgan fingerprint density at radius 2 is 1.59 bits per heavy atom. The first kappa shape index (κ1) is 25.1. The van der Waals surface area contributed by atoms with E-state index in [4.69, 9.17) is 4.98 Å². The van der Waals surface area contributed by atoms with E-state index < -0.39 is 0 Å². The minimum Gasteiger partial charge on any atom is -0.345 e. The Morgan fingerprint density at radius 1 is 0.872 bits per heavy atom. The molecule has 1 aliphatic rings. The van der Waals surface area contributed by atoms with E-state index in [2.05, 4.69) is 96.5 Å². The summed E-state index contributed by atoms with van der Waals surface area (Å²) in [7, 11) is 0. The number of carbonyl (C=O) groups is 1. The number of nitrogens with zero attached hydrogens (tertiary/aromatic N) is 2. The fourth-order valence-corrected chi connectivity index (χ4v) is 5.45. The summed E-state index contributed by atoms with van der Waals surface area (Å²) in [4.78, 5) is 18.2. The summed E-state index contributed by atoms with van der Waals surface area (Å²) in [5.74, 6) is 1.88. The predicted molar refractivity (Wildman–Crippen MR) is 159 cm³/mol. The third-order valence-corrected chi connectivity index (χ3v) is 7.92. The van der Waals surface area contributed by atoms with Crippen LogP contribution in [0.25, 0.3) is 22.2 Å². The van der Waals surface area contributed by atoms with Crippen molar-refractivity contribution in [3.8, 4) is 11.1 Å². The molecule has 0 spiro atoms. The molecule has 4 nitrogen and oxygen atoms in total. The second-order valence-electron chi connectivity index (χ2n) is 11.1. The van der Waals surface area contributed by atoms with Crippen molar-refractivity contribution in [2.24, 2.45) is 5.92 Å². The molecule has 0 bridgehead atoms. The van der Waals surface area contributed by atoms with Crippen LogP contribution in [0, 0.1) is 12.8 Å². The predicted octanol–water partition coefficient (Wildman–Crippen LogP) is 8.06. The van der Waals surface area contributed by atoms with Crippen LogP contribution in [0.5, 0.6) is 0 Å². The zero-order valence-electron chi connectivity index (χ0n) is 22.9. The van der Waals surface area contributed by atoms with Crippen LogP contribution >= 0.6 is 0 Å². The molecule has 1 saturated carbocycles. The number of aromatic nitrogens is 2. The van der Waals surface area contributed by atoms with Gasteiger partial charge in [-0.3, -0.25) is 4.79 Å². The van der Waals surface area contributed by atoms with E-state index >= 15 is 0 Å². The lowest BCUT2D eigenvalue weighted by atomic mass is 9.95. The largest absolute Gasteiger partial charge is 0.345 e. The van der Waals surface area contributed by atoms with E-state index in [1.807, 2.05) is 31.2 Å². The zero-order valence-corrected chi connectivity index (χ0v) is 22.9. The maximum Gasteiger partial charge on any atom is 0.251 e. The number of aryl methyl sites for hydroxylation is 1. The van der Waals surface area contributed by atoms with Gasteiger partial charge in [0.15, 0.2) is 0 Å². The van der Waals surface area contributed by atoms with Gasteiger partial charge in [0.25, 0.3) is 5.91 Å². The Bertz CT molecular complexity index is 1610. The maximum atomic E-state index is 13.4. The Hall–Kier alpha value is -4.18. The van der Waals surface area contributed by atoms with Gasteiger partial charge in [-0.25, -0.2) is 4.98 Å². The SMILES string of the molecule is Cc1nc2cc(C(=O)N[C@H](c3cccc(C(C)C)c3)C3CC3)ccc2n1Cc1ccc(-c2ccccc2)cc1. The van der Waals surface area contributed by atoms with Crippen LogP contribution in [0.4, 0.5) is 0 Å². The first-order valence-corrected chi connectivity index (χ1v) is 14.0. The fraction of sp³-hybridized carbons (Fsp3) is 0.257. The summed E-state index contributed by atoms with van der Waals surface area (Å²) in [5, 5.41) is 3.35. The second-order valence-corrected chi connectivity index (χ2v) is 11.1. The van der Waals surface area contributed by atoms with Gasteiger partial charge in [-0.15, -0.1) is 0 Å². The third-order valence-electron chi connectivity index (χ3n) is 7.92. The van der Waals surface area contributed by atoms with Crippen LogP contribution in [-0.2, 0) is 6.54 Å². The average molecular weight is 514 g/mol. The number of imidazole rings is 1. The molecule has 1 atom stereocenters. The molecule has 1 aliphatic carbocycles. The van der Waals surface area contributed by atoms with Gasteiger partial charge in [-0.2, -0.15) is 0 Å². The Morgan fingerprint density at radius 3 is 2.31 bits per heavy atom. The monoisotopic (exact) mass is 513 g/mol. The number of hydrogen-bond acceptors (Lipinski definition) is 2. The molecule has 0 radical (unpaired) electrons. The molecule has 0 saturated heterocycles. The van der Waals surface area contributed by atoms with Crippen molar-refractivity contribution in [2.45, 2.75) is 52.1 Å². The number of benzene rings is 4. The summed E-state index contributed by atoms with van der Waals surface area (Å²) >= 11 is 0. The number of rotatable bonds is 8. The third kappa shape index (κ3) is 5.37. The number of hydrogen-bond donors (Lipinski definition) is 1. The summed E-state index contributed by atoms with van der Waals surface area (Å²) in [6.07, 6.45) is 2.32. The molecule has 1 fully saturated rings. The molecule has 0 aliphatic heterocycles. The highest BCUT2D eigenvalue weighted by Crippen LogP contribution is 2.41. The van der Waals surface area contributed by atoms with E-state index in [0.29, 0.717) is 17.4 Å². The van der Waals surface area contributed by atoms with Gasteiger partial charge in [-0.05, 0) is 77.6 Å². The van der Waals surface area contributed by atoms with Crippen molar-refractivity contribution < 1.29 is 4.79 Å². The van der Waals surface area contributed by atoms with Crippen LogP contribution in [0.15, 0.2) is 97.1 Å². The first-order chi connectivity index (χ1) is 19.0. The fourth-order valence-electron chi connectivity index (χ4n) is 5.45. The van der Waals surface area contributed by atoms with Gasteiger partial charge in [0.05, 0.1) is 17.1 Å². The molecule has 4 heteroatoms. The zero-order chi connectivity index (χ0) is 26.9. The van der Waals surface area contributed by atoms with Gasteiger partial charge < -0.3 is 9.88 Å². The lowest BCUT2D eigenvalue weighted by Gasteiger charge is -2.20. The molecule has 5 aromatic rings. The van der Waals surface area contributed by atoms with Crippen molar-refractivity contribution in [1.29, 1.82) is 0 Å². The van der Waals surface area contributed by atoms with Crippen LogP contribution in [0.2, 0.25) is 0 Å². The summed E-state index contributed by atoms with van der Waals surface area (Å²) < 4.78 is 2.22. The highest BCUT2D eigenvalue weighted by Gasteiger charge is 2.34. The average Bonchev–Trinajstić information content (AvgIpc) is 3.76. The summed E-state index contributed by atoms with van der Waals surface area (Å²) in [6, 6.07) is 33.8. The maximum absolute atomic E-state index is 13.4. The van der Waals surface area contributed by atoms with Crippen molar-refractivity contribution in [1.82, 2.24) is 14.9 Å². The lowest BCUT2D eigenvalue weighted by molar-refractivity contribution is 0.0931. The van der Waals surface area contributed by atoms with E-state index in [1.54, 1.807) is 0 Å². The summed E-state index contributed by atoms with van der Waals surface area (Å²) in [6.45, 7) is 7.18. The molecule has 1 heterocycles. The molecule has 196 valence electrons. The molecule has 0 unspecified atom stereocenters. The van der Waals surface area contributed by atoms with Crippen LogP contribution < -0.4 is 5.32 Å². The molecule has 4 aromatic carbocycles. The Kier molecular flexibility index (Phi) is 6.78. The number of nitrogens with one attached hydrogen (secondary N) is 1.